The Morgan fingerprint density at radius 3 is 2.31 bits per heavy atom. The maximum Gasteiger partial charge on any atom is 0.147 e. The molecule has 2 heterocycles. The maximum absolute atomic E-state index is 10.3. The fourth-order valence-corrected chi connectivity index (χ4v) is 5.41. The molecule has 2 aromatic heterocycles. The lowest BCUT2D eigenvalue weighted by Crippen LogP contribution is -2.32. The van der Waals surface area contributed by atoms with Gasteiger partial charge in [-0.05, 0) is 91.5 Å². The Kier molecular flexibility index (Phi) is 10.9. The van der Waals surface area contributed by atoms with Crippen LogP contribution >= 0.6 is 0 Å². The van der Waals surface area contributed by atoms with Crippen LogP contribution in [-0.4, -0.2) is 28.0 Å². The molecule has 0 bridgehead atoms. The Morgan fingerprint density at radius 2 is 1.64 bits per heavy atom. The number of benzene rings is 2. The van der Waals surface area contributed by atoms with Crippen LogP contribution < -0.4 is 10.2 Å². The molecule has 6 nitrogen and oxygen atoms in total. The first-order valence-corrected chi connectivity index (χ1v) is 15.5. The van der Waals surface area contributed by atoms with Crippen LogP contribution in [0.1, 0.15) is 81.8 Å². The topological polar surface area (TPSA) is 77.7 Å². The summed E-state index contributed by atoms with van der Waals surface area (Å²) in [6.45, 7) is 14.9. The zero-order valence-corrected chi connectivity index (χ0v) is 26.2. The average Bonchev–Trinajstić information content (AvgIpc) is 2.96. The minimum atomic E-state index is 0.493. The van der Waals surface area contributed by atoms with Crippen molar-refractivity contribution in [1.82, 2.24) is 15.0 Å². The van der Waals surface area contributed by atoms with Gasteiger partial charge in [-0.3, -0.25) is 9.97 Å². The average molecular weight is 563 g/mol. The van der Waals surface area contributed by atoms with Crippen molar-refractivity contribution in [3.63, 3.8) is 0 Å². The van der Waals surface area contributed by atoms with Gasteiger partial charge in [0.2, 0.25) is 0 Å². The number of unbranched alkanes of at least 4 members (excludes halogenated alkanes) is 2. The van der Waals surface area contributed by atoms with Gasteiger partial charge < -0.3 is 10.2 Å². The standard InChI is InChI=1S/C36H46N6/c1-7-8-9-10-30-19-31(16-15-29(30)14-13-28-12-11-27(6)38-21-28)40-33-17-18-34-36(32(33)20-37)41-35(22-39-34)42(23-25(2)3)24-26(4)5/h11-12,15-19,21-22,25-26,40H,7-10,13-14,23-24H2,1-6H3. The molecule has 4 rings (SSSR count). The molecule has 0 radical (unpaired) electrons. The summed E-state index contributed by atoms with van der Waals surface area (Å²) in [5.74, 6) is 1.81. The van der Waals surface area contributed by atoms with Crippen LogP contribution in [0.4, 0.5) is 17.2 Å². The maximum atomic E-state index is 10.3. The van der Waals surface area contributed by atoms with Gasteiger partial charge in [-0.25, -0.2) is 4.98 Å². The molecule has 0 fully saturated rings. The zero-order valence-electron chi connectivity index (χ0n) is 26.2. The monoisotopic (exact) mass is 562 g/mol. The van der Waals surface area contributed by atoms with E-state index < -0.39 is 0 Å². The predicted octanol–water partition coefficient (Wildman–Crippen LogP) is 8.58. The first-order chi connectivity index (χ1) is 20.3. The number of hydrogen-bond donors (Lipinski definition) is 1. The lowest BCUT2D eigenvalue weighted by molar-refractivity contribution is 0.549. The minimum absolute atomic E-state index is 0.493. The molecule has 0 unspecified atom stereocenters. The zero-order chi connectivity index (χ0) is 30.1. The molecule has 0 spiro atoms. The van der Waals surface area contributed by atoms with Crippen molar-refractivity contribution < 1.29 is 0 Å². The van der Waals surface area contributed by atoms with E-state index in [4.69, 9.17) is 9.97 Å². The molecule has 0 aliphatic carbocycles. The van der Waals surface area contributed by atoms with E-state index in [0.717, 1.165) is 60.8 Å². The first kappa shape index (κ1) is 31.0. The van der Waals surface area contributed by atoms with Gasteiger partial charge in [0.25, 0.3) is 0 Å². The number of hydrogen-bond acceptors (Lipinski definition) is 6. The minimum Gasteiger partial charge on any atom is -0.355 e. The molecule has 0 saturated heterocycles. The van der Waals surface area contributed by atoms with E-state index in [1.807, 2.05) is 31.5 Å². The molecule has 42 heavy (non-hydrogen) atoms. The second-order valence-electron chi connectivity index (χ2n) is 12.3. The van der Waals surface area contributed by atoms with Crippen molar-refractivity contribution in [3.05, 3.63) is 82.8 Å². The van der Waals surface area contributed by atoms with Crippen molar-refractivity contribution in [2.24, 2.45) is 11.8 Å². The number of nitriles is 1. The van der Waals surface area contributed by atoms with E-state index in [0.29, 0.717) is 22.9 Å². The molecule has 0 aliphatic heterocycles. The molecule has 0 amide bonds. The molecule has 2 aromatic carbocycles. The highest BCUT2D eigenvalue weighted by molar-refractivity contribution is 5.89. The van der Waals surface area contributed by atoms with E-state index in [1.165, 1.54) is 36.0 Å². The molecule has 0 saturated carbocycles. The van der Waals surface area contributed by atoms with Crippen LogP contribution in [0.25, 0.3) is 11.0 Å². The van der Waals surface area contributed by atoms with E-state index in [9.17, 15) is 5.26 Å². The molecule has 6 heteroatoms. The number of nitrogens with zero attached hydrogens (tertiary/aromatic N) is 5. The third-order valence-electron chi connectivity index (χ3n) is 7.50. The van der Waals surface area contributed by atoms with E-state index in [2.05, 4.69) is 86.2 Å². The summed E-state index contributed by atoms with van der Waals surface area (Å²) >= 11 is 0. The number of aryl methyl sites for hydroxylation is 4. The highest BCUT2D eigenvalue weighted by Crippen LogP contribution is 2.29. The Morgan fingerprint density at radius 1 is 0.857 bits per heavy atom. The Balaban J connectivity index is 1.63. The van der Waals surface area contributed by atoms with Crippen molar-refractivity contribution in [1.29, 1.82) is 5.26 Å². The fraction of sp³-hybridized carbons (Fsp3) is 0.444. The molecule has 1 N–H and O–H groups in total. The Hall–Kier alpha value is -3.98. The van der Waals surface area contributed by atoms with Crippen LogP contribution in [0.2, 0.25) is 0 Å². The van der Waals surface area contributed by atoms with Gasteiger partial charge in [-0.2, -0.15) is 5.26 Å². The summed E-state index contributed by atoms with van der Waals surface area (Å²) in [6.07, 6.45) is 10.4. The number of anilines is 3. The predicted molar refractivity (Wildman–Crippen MR) is 175 cm³/mol. The third-order valence-corrected chi connectivity index (χ3v) is 7.50. The van der Waals surface area contributed by atoms with Gasteiger partial charge in [0.05, 0.1) is 17.4 Å². The smallest absolute Gasteiger partial charge is 0.147 e. The van der Waals surface area contributed by atoms with Crippen LogP contribution in [0.15, 0.2) is 54.9 Å². The molecule has 0 aliphatic rings. The quantitative estimate of drug-likeness (QED) is 0.155. The molecule has 0 atom stereocenters. The number of aromatic nitrogens is 3. The van der Waals surface area contributed by atoms with E-state index in [1.54, 1.807) is 0 Å². The normalized spacial score (nSPS) is 11.3. The SMILES string of the molecule is CCCCCc1cc(Nc2ccc3ncc(N(CC(C)C)CC(C)C)nc3c2C#N)ccc1CCc1ccc(C)nc1. The highest BCUT2D eigenvalue weighted by atomic mass is 15.2. The number of fused-ring (bicyclic) bond motifs is 1. The largest absolute Gasteiger partial charge is 0.355 e. The second kappa shape index (κ2) is 14.8. The van der Waals surface area contributed by atoms with E-state index in [-0.39, 0.29) is 0 Å². The van der Waals surface area contributed by atoms with Crippen LogP contribution in [0.3, 0.4) is 0 Å². The van der Waals surface area contributed by atoms with Crippen molar-refractivity contribution in [3.8, 4) is 6.07 Å². The van der Waals surface area contributed by atoms with Crippen molar-refractivity contribution in [2.45, 2.75) is 80.1 Å². The van der Waals surface area contributed by atoms with Gasteiger partial charge >= 0.3 is 0 Å². The molecular formula is C36H46N6. The lowest BCUT2D eigenvalue weighted by Gasteiger charge is -2.27. The van der Waals surface area contributed by atoms with Crippen molar-refractivity contribution >= 4 is 28.2 Å². The van der Waals surface area contributed by atoms with Crippen LogP contribution in [-0.2, 0) is 19.3 Å². The Labute approximate surface area is 252 Å². The molecule has 4 aromatic rings. The van der Waals surface area contributed by atoms with Gasteiger partial charge in [-0.15, -0.1) is 0 Å². The summed E-state index contributed by atoms with van der Waals surface area (Å²) < 4.78 is 0. The number of pyridine rings is 1. The second-order valence-corrected chi connectivity index (χ2v) is 12.3. The summed E-state index contributed by atoms with van der Waals surface area (Å²) in [5, 5.41) is 13.8. The van der Waals surface area contributed by atoms with Crippen LogP contribution in [0, 0.1) is 30.1 Å². The van der Waals surface area contributed by atoms with Gasteiger partial charge in [0, 0.05) is 30.7 Å². The third kappa shape index (κ3) is 8.28. The van der Waals surface area contributed by atoms with Crippen LogP contribution in [0.5, 0.6) is 0 Å². The fourth-order valence-electron chi connectivity index (χ4n) is 5.41. The van der Waals surface area contributed by atoms with Crippen molar-refractivity contribution in [2.75, 3.05) is 23.3 Å². The number of nitrogens with one attached hydrogen (secondary N) is 1. The lowest BCUT2D eigenvalue weighted by atomic mass is 9.96. The summed E-state index contributed by atoms with van der Waals surface area (Å²) in [6, 6.07) is 17.2. The summed E-state index contributed by atoms with van der Waals surface area (Å²) in [7, 11) is 0. The number of rotatable bonds is 14. The summed E-state index contributed by atoms with van der Waals surface area (Å²) in [4.78, 5) is 16.4. The molecular weight excluding hydrogens is 516 g/mol. The van der Waals surface area contributed by atoms with Gasteiger partial charge in [-0.1, -0.05) is 59.6 Å². The van der Waals surface area contributed by atoms with Gasteiger partial charge in [0.15, 0.2) is 0 Å². The first-order valence-electron chi connectivity index (χ1n) is 15.5. The van der Waals surface area contributed by atoms with E-state index >= 15 is 0 Å². The molecule has 220 valence electrons. The Bertz CT molecular complexity index is 1490. The summed E-state index contributed by atoms with van der Waals surface area (Å²) in [5.41, 5.74) is 8.70. The highest BCUT2D eigenvalue weighted by Gasteiger charge is 2.17. The van der Waals surface area contributed by atoms with Gasteiger partial charge in [0.1, 0.15) is 23.0 Å².